The molecule has 2 aromatic rings. The zero-order chi connectivity index (χ0) is 34.0. The number of anilines is 1. The second-order valence-electron chi connectivity index (χ2n) is 9.57. The molecule has 2 aliphatic rings. The minimum absolute atomic E-state index is 0.0853. The summed E-state index contributed by atoms with van der Waals surface area (Å²) in [6.07, 6.45) is -10.2. The Labute approximate surface area is 241 Å². The van der Waals surface area contributed by atoms with Crippen molar-refractivity contribution in [2.75, 3.05) is 11.4 Å². The smallest absolute Gasteiger partial charge is 0.335 e. The number of aliphatic hydroxyl groups is 3. The molecule has 41 heavy (non-hydrogen) atoms. The van der Waals surface area contributed by atoms with Crippen LogP contribution in [0.15, 0.2) is 54.5 Å². The van der Waals surface area contributed by atoms with E-state index in [1.165, 1.54) is 0 Å². The number of carbonyl (C=O) groups is 4. The molecule has 0 aromatic heterocycles. The zero-order valence-electron chi connectivity index (χ0n) is 26.5. The molecule has 0 spiro atoms. The number of carbonyl (C=O) groups excluding carboxylic acids is 2. The summed E-state index contributed by atoms with van der Waals surface area (Å²) in [6, 6.07) is 1.29. The van der Waals surface area contributed by atoms with Crippen LogP contribution in [0.5, 0.6) is 0 Å². The standard InChI is InChI=1S/C28H32N2O11/c31-20(40-28-23(34)21(32)22(33)24(41-28)27(38)39)14-30-19-9-5-4-8-16(19)11-13-17(25(30)35)29-18(26(36)37)12-10-15-6-2-1-3-7-15/h1-9,17-18,21-24,28-29,32-34H,10-14H2,(H,36,37)(H,38,39)/t17-,18-,21-,22-,23+,24-,28+/m0/s1/i1D,2D,3D,6D,7D. The lowest BCUT2D eigenvalue weighted by atomic mass is 9.99. The number of benzene rings is 2. The fourth-order valence-corrected chi connectivity index (χ4v) is 4.69. The molecular formula is C28H32N2O11. The second kappa shape index (κ2) is 13.2. The number of hydrogen-bond acceptors (Lipinski definition) is 10. The monoisotopic (exact) mass is 577 g/mol. The van der Waals surface area contributed by atoms with E-state index in [-0.39, 0.29) is 31.2 Å². The Hall–Kier alpha value is -3.88. The van der Waals surface area contributed by atoms with Gasteiger partial charge in [-0.25, -0.2) is 4.79 Å². The summed E-state index contributed by atoms with van der Waals surface area (Å²) >= 11 is 0. The predicted molar refractivity (Wildman–Crippen MR) is 141 cm³/mol. The lowest BCUT2D eigenvalue weighted by Crippen LogP contribution is -2.61. The third kappa shape index (κ3) is 7.07. The molecule has 2 aromatic carbocycles. The van der Waals surface area contributed by atoms with E-state index < -0.39 is 103 Å². The number of amides is 1. The van der Waals surface area contributed by atoms with E-state index in [9.17, 15) is 44.7 Å². The summed E-state index contributed by atoms with van der Waals surface area (Å²) in [7, 11) is 0. The van der Waals surface area contributed by atoms with Crippen LogP contribution in [0, 0.1) is 0 Å². The Morgan fingerprint density at radius 2 is 1.78 bits per heavy atom. The molecule has 0 unspecified atom stereocenters. The summed E-state index contributed by atoms with van der Waals surface area (Å²) in [5.41, 5.74) is 0.832. The maximum Gasteiger partial charge on any atom is 0.335 e. The SMILES string of the molecule is [2H]c1c([2H])c([2H])c(CC[C@H](N[C@H]2CCc3ccccc3N(CC(=O)O[C@@H]3O[C@H](C(=O)O)[C@@H](O)[C@H](O)[C@H]3O)C2=O)C(=O)O)c([2H])c1[2H]. The summed E-state index contributed by atoms with van der Waals surface area (Å²) in [5, 5.41) is 52.1. The average Bonchev–Trinajstić information content (AvgIpc) is 3.14. The molecule has 2 aliphatic heterocycles. The number of carboxylic acid groups (broad SMARTS) is 2. The highest BCUT2D eigenvalue weighted by molar-refractivity contribution is 6.02. The molecule has 1 saturated heterocycles. The van der Waals surface area contributed by atoms with Crippen molar-refractivity contribution in [1.29, 1.82) is 0 Å². The van der Waals surface area contributed by atoms with Gasteiger partial charge in [0.1, 0.15) is 30.9 Å². The van der Waals surface area contributed by atoms with Gasteiger partial charge in [0.25, 0.3) is 0 Å². The van der Waals surface area contributed by atoms with Crippen LogP contribution in [0.25, 0.3) is 0 Å². The largest absolute Gasteiger partial charge is 0.480 e. The van der Waals surface area contributed by atoms with Crippen molar-refractivity contribution in [3.63, 3.8) is 0 Å². The first-order valence-corrected chi connectivity index (χ1v) is 12.7. The molecule has 2 heterocycles. The maximum atomic E-state index is 13.8. The van der Waals surface area contributed by atoms with E-state index in [2.05, 4.69) is 5.32 Å². The minimum atomic E-state index is -2.03. The van der Waals surface area contributed by atoms with Gasteiger partial charge in [0.05, 0.1) is 12.9 Å². The molecule has 220 valence electrons. The van der Waals surface area contributed by atoms with Crippen LogP contribution in [0.3, 0.4) is 0 Å². The van der Waals surface area contributed by atoms with Crippen LogP contribution in [-0.2, 0) is 41.5 Å². The fraction of sp³-hybridized carbons (Fsp3) is 0.429. The Morgan fingerprint density at radius 1 is 1.07 bits per heavy atom. The first-order valence-electron chi connectivity index (χ1n) is 15.2. The Kier molecular flexibility index (Phi) is 7.65. The van der Waals surface area contributed by atoms with E-state index in [4.69, 9.17) is 16.3 Å². The third-order valence-electron chi connectivity index (χ3n) is 6.83. The number of carboxylic acids is 2. The van der Waals surface area contributed by atoms with E-state index in [0.29, 0.717) is 11.3 Å². The number of aliphatic carboxylic acids is 2. The number of hydrogen-bond donors (Lipinski definition) is 6. The quantitative estimate of drug-likeness (QED) is 0.197. The highest BCUT2D eigenvalue weighted by Crippen LogP contribution is 2.28. The van der Waals surface area contributed by atoms with Crippen LogP contribution >= 0.6 is 0 Å². The van der Waals surface area contributed by atoms with Crippen LogP contribution in [-0.4, -0.2) is 98.7 Å². The first-order chi connectivity index (χ1) is 21.6. The molecule has 6 N–H and O–H groups in total. The number of esters is 1. The van der Waals surface area contributed by atoms with Gasteiger partial charge in [-0.05, 0) is 42.9 Å². The first kappa shape index (κ1) is 23.8. The van der Waals surface area contributed by atoms with Crippen LogP contribution in [0.4, 0.5) is 5.69 Å². The molecule has 0 aliphatic carbocycles. The molecule has 0 bridgehead atoms. The predicted octanol–water partition coefficient (Wildman–Crippen LogP) is -0.555. The van der Waals surface area contributed by atoms with Gasteiger partial charge in [0.15, 0.2) is 6.10 Å². The Bertz CT molecular complexity index is 1500. The van der Waals surface area contributed by atoms with Crippen LogP contribution < -0.4 is 10.2 Å². The Morgan fingerprint density at radius 3 is 2.46 bits per heavy atom. The van der Waals surface area contributed by atoms with Gasteiger partial charge in [-0.1, -0.05) is 48.4 Å². The van der Waals surface area contributed by atoms with Gasteiger partial charge >= 0.3 is 17.9 Å². The summed E-state index contributed by atoms with van der Waals surface area (Å²) in [4.78, 5) is 51.4. The molecular weight excluding hydrogens is 540 g/mol. The molecule has 1 amide bonds. The molecule has 13 nitrogen and oxygen atoms in total. The molecule has 13 heteroatoms. The number of ether oxygens (including phenoxy) is 2. The van der Waals surface area contributed by atoms with Gasteiger partial charge < -0.3 is 35.0 Å². The highest BCUT2D eigenvalue weighted by Gasteiger charge is 2.49. The Balaban J connectivity index is 1.53. The number of fused-ring (bicyclic) bond motifs is 1. The maximum absolute atomic E-state index is 13.8. The molecule has 0 radical (unpaired) electrons. The van der Waals surface area contributed by atoms with Gasteiger partial charge in [-0.15, -0.1) is 0 Å². The number of aliphatic hydroxyl groups excluding tert-OH is 3. The van der Waals surface area contributed by atoms with E-state index >= 15 is 0 Å². The number of rotatable bonds is 10. The molecule has 1 fully saturated rings. The van der Waals surface area contributed by atoms with Gasteiger partial charge in [0.2, 0.25) is 12.2 Å². The van der Waals surface area contributed by atoms with E-state index in [1.54, 1.807) is 24.3 Å². The fourth-order valence-electron chi connectivity index (χ4n) is 4.69. The topological polar surface area (TPSA) is 203 Å². The van der Waals surface area contributed by atoms with Crippen molar-refractivity contribution in [2.24, 2.45) is 0 Å². The van der Waals surface area contributed by atoms with Gasteiger partial charge in [0, 0.05) is 5.69 Å². The molecule has 0 saturated carbocycles. The highest BCUT2D eigenvalue weighted by atomic mass is 16.7. The number of nitrogens with zero attached hydrogens (tertiary/aromatic N) is 1. The van der Waals surface area contributed by atoms with Crippen molar-refractivity contribution < 1.29 is 61.0 Å². The van der Waals surface area contributed by atoms with Crippen molar-refractivity contribution in [2.45, 2.75) is 68.5 Å². The summed E-state index contributed by atoms with van der Waals surface area (Å²) in [5.74, 6) is -4.98. The van der Waals surface area contributed by atoms with E-state index in [0.717, 1.165) is 4.90 Å². The minimum Gasteiger partial charge on any atom is -0.480 e. The van der Waals surface area contributed by atoms with Crippen molar-refractivity contribution in [3.8, 4) is 0 Å². The van der Waals surface area contributed by atoms with E-state index in [1.807, 2.05) is 0 Å². The van der Waals surface area contributed by atoms with Gasteiger partial charge in [-0.2, -0.15) is 0 Å². The normalized spacial score (nSPS) is 28.6. The van der Waals surface area contributed by atoms with Crippen molar-refractivity contribution in [1.82, 2.24) is 5.32 Å². The van der Waals surface area contributed by atoms with Crippen molar-refractivity contribution >= 4 is 29.5 Å². The third-order valence-corrected chi connectivity index (χ3v) is 6.83. The molecule has 7 atom stereocenters. The average molecular weight is 578 g/mol. The van der Waals surface area contributed by atoms with Crippen LogP contribution in [0.2, 0.25) is 0 Å². The number of para-hydroxylation sites is 1. The summed E-state index contributed by atoms with van der Waals surface area (Å²) in [6.45, 7) is -0.794. The van der Waals surface area contributed by atoms with Crippen molar-refractivity contribution in [3.05, 3.63) is 65.6 Å². The lowest BCUT2D eigenvalue weighted by molar-refractivity contribution is -0.285. The number of aryl methyl sites for hydroxylation is 1. The zero-order valence-corrected chi connectivity index (χ0v) is 21.5. The second-order valence-corrected chi connectivity index (χ2v) is 9.57. The molecule has 4 rings (SSSR count). The summed E-state index contributed by atoms with van der Waals surface area (Å²) < 4.78 is 49.7. The van der Waals surface area contributed by atoms with Gasteiger partial charge in [-0.3, -0.25) is 24.6 Å². The lowest BCUT2D eigenvalue weighted by Gasteiger charge is -2.38. The van der Waals surface area contributed by atoms with Crippen LogP contribution in [0.1, 0.15) is 30.8 Å². The number of nitrogens with one attached hydrogen (secondary N) is 1.